The molecule has 1 aliphatic carbocycles. The van der Waals surface area contributed by atoms with Gasteiger partial charge in [0.2, 0.25) is 5.91 Å². The normalized spacial score (nSPS) is 13.1. The van der Waals surface area contributed by atoms with Crippen LogP contribution in [-0.4, -0.2) is 23.6 Å². The van der Waals surface area contributed by atoms with Gasteiger partial charge in [0.05, 0.1) is 0 Å². The van der Waals surface area contributed by atoms with Gasteiger partial charge in [-0.1, -0.05) is 37.3 Å². The highest BCUT2D eigenvalue weighted by atomic mass is 16.2. The van der Waals surface area contributed by atoms with E-state index in [9.17, 15) is 14.4 Å². The lowest BCUT2D eigenvalue weighted by molar-refractivity contribution is -0.116. The lowest BCUT2D eigenvalue weighted by Crippen LogP contribution is -2.25. The molecule has 0 spiro atoms. The lowest BCUT2D eigenvalue weighted by Gasteiger charge is -2.08. The average molecular weight is 364 g/mol. The van der Waals surface area contributed by atoms with Gasteiger partial charge in [0.1, 0.15) is 0 Å². The molecular formula is C22H24N2O3. The number of carbonyl (C=O) groups excluding carboxylic acids is 3. The van der Waals surface area contributed by atoms with Crippen LogP contribution in [0.3, 0.4) is 0 Å². The maximum absolute atomic E-state index is 12.2. The number of Topliss-reactive ketones (excluding diaryl/α,β-unsaturated/α-hetero) is 1. The van der Waals surface area contributed by atoms with Gasteiger partial charge in [-0.15, -0.1) is 0 Å². The predicted molar refractivity (Wildman–Crippen MR) is 105 cm³/mol. The molecular weight excluding hydrogens is 340 g/mol. The van der Waals surface area contributed by atoms with Crippen LogP contribution >= 0.6 is 0 Å². The standard InChI is InChI=1S/C22H24N2O3/c1-2-15-6-8-16(9-7-15)20(25)12-13-21(26)23-19-5-3-4-17(14-19)22(27)24-18-10-11-18/h3-9,14,18H,2,10-13H2,1H3,(H,23,26)(H,24,27). The minimum absolute atomic E-state index is 0.0506. The van der Waals surface area contributed by atoms with Crippen molar-refractivity contribution < 1.29 is 14.4 Å². The zero-order valence-corrected chi connectivity index (χ0v) is 15.5. The van der Waals surface area contributed by atoms with Crippen molar-refractivity contribution in [1.29, 1.82) is 0 Å². The van der Waals surface area contributed by atoms with Crippen LogP contribution in [0.1, 0.15) is 58.9 Å². The Hall–Kier alpha value is -2.95. The third-order valence-electron chi connectivity index (χ3n) is 4.58. The van der Waals surface area contributed by atoms with Gasteiger partial charge in [-0.2, -0.15) is 0 Å². The first kappa shape index (κ1) is 18.8. The van der Waals surface area contributed by atoms with Crippen LogP contribution in [-0.2, 0) is 11.2 Å². The number of hydrogen-bond acceptors (Lipinski definition) is 3. The number of carbonyl (C=O) groups is 3. The van der Waals surface area contributed by atoms with Gasteiger partial charge in [0.25, 0.3) is 5.91 Å². The van der Waals surface area contributed by atoms with Crippen LogP contribution in [0.15, 0.2) is 48.5 Å². The van der Waals surface area contributed by atoms with Gasteiger partial charge in [-0.3, -0.25) is 14.4 Å². The molecule has 0 aromatic heterocycles. The van der Waals surface area contributed by atoms with E-state index in [0.29, 0.717) is 16.8 Å². The molecule has 140 valence electrons. The van der Waals surface area contributed by atoms with E-state index in [4.69, 9.17) is 0 Å². The summed E-state index contributed by atoms with van der Waals surface area (Å²) in [7, 11) is 0. The minimum atomic E-state index is -0.242. The quantitative estimate of drug-likeness (QED) is 0.701. The summed E-state index contributed by atoms with van der Waals surface area (Å²) < 4.78 is 0. The largest absolute Gasteiger partial charge is 0.349 e. The van der Waals surface area contributed by atoms with Gasteiger partial charge in [-0.25, -0.2) is 0 Å². The molecule has 5 heteroatoms. The highest BCUT2D eigenvalue weighted by Gasteiger charge is 2.23. The number of amides is 2. The summed E-state index contributed by atoms with van der Waals surface area (Å²) in [5.41, 5.74) is 2.88. The second-order valence-corrected chi connectivity index (χ2v) is 6.85. The Bertz CT molecular complexity index is 839. The number of hydrogen-bond donors (Lipinski definition) is 2. The Morgan fingerprint density at radius 3 is 2.37 bits per heavy atom. The highest BCUT2D eigenvalue weighted by Crippen LogP contribution is 2.20. The van der Waals surface area contributed by atoms with Gasteiger partial charge in [0, 0.05) is 35.7 Å². The molecule has 1 saturated carbocycles. The maximum atomic E-state index is 12.2. The molecule has 27 heavy (non-hydrogen) atoms. The molecule has 2 aromatic carbocycles. The molecule has 3 rings (SSSR count). The summed E-state index contributed by atoms with van der Waals surface area (Å²) in [6.45, 7) is 2.06. The van der Waals surface area contributed by atoms with Crippen molar-refractivity contribution in [2.75, 3.05) is 5.32 Å². The number of rotatable bonds is 8. The molecule has 2 N–H and O–H groups in total. The molecule has 1 fully saturated rings. The molecule has 5 nitrogen and oxygen atoms in total. The SMILES string of the molecule is CCc1ccc(C(=O)CCC(=O)Nc2cccc(C(=O)NC3CC3)c2)cc1. The van der Waals surface area contributed by atoms with Crippen LogP contribution in [0.4, 0.5) is 5.69 Å². The third-order valence-corrected chi connectivity index (χ3v) is 4.58. The van der Waals surface area contributed by atoms with Crippen molar-refractivity contribution in [3.8, 4) is 0 Å². The Balaban J connectivity index is 1.51. The Morgan fingerprint density at radius 1 is 0.963 bits per heavy atom. The maximum Gasteiger partial charge on any atom is 0.251 e. The molecule has 0 atom stereocenters. The Labute approximate surface area is 159 Å². The average Bonchev–Trinajstić information content (AvgIpc) is 3.50. The molecule has 0 aliphatic heterocycles. The second kappa shape index (κ2) is 8.62. The van der Waals surface area contributed by atoms with Crippen molar-refractivity contribution in [2.24, 2.45) is 0 Å². The van der Waals surface area contributed by atoms with Gasteiger partial charge in [0.15, 0.2) is 5.78 Å². The van der Waals surface area contributed by atoms with E-state index in [1.54, 1.807) is 36.4 Å². The minimum Gasteiger partial charge on any atom is -0.349 e. The number of benzene rings is 2. The van der Waals surface area contributed by atoms with Crippen molar-refractivity contribution in [3.63, 3.8) is 0 Å². The van der Waals surface area contributed by atoms with Crippen LogP contribution < -0.4 is 10.6 Å². The Morgan fingerprint density at radius 2 is 1.70 bits per heavy atom. The fourth-order valence-corrected chi connectivity index (χ4v) is 2.76. The Kier molecular flexibility index (Phi) is 6.01. The van der Waals surface area contributed by atoms with Crippen molar-refractivity contribution in [1.82, 2.24) is 5.32 Å². The third kappa shape index (κ3) is 5.51. The van der Waals surface area contributed by atoms with Crippen LogP contribution in [0.25, 0.3) is 0 Å². The lowest BCUT2D eigenvalue weighted by atomic mass is 10.0. The highest BCUT2D eigenvalue weighted by molar-refractivity contribution is 6.01. The number of ketones is 1. The molecule has 0 heterocycles. The van der Waals surface area contributed by atoms with E-state index in [1.807, 2.05) is 12.1 Å². The summed E-state index contributed by atoms with van der Waals surface area (Å²) >= 11 is 0. The van der Waals surface area contributed by atoms with Crippen molar-refractivity contribution in [3.05, 3.63) is 65.2 Å². The second-order valence-electron chi connectivity index (χ2n) is 6.85. The molecule has 2 aromatic rings. The van der Waals surface area contributed by atoms with E-state index in [1.165, 1.54) is 5.56 Å². The van der Waals surface area contributed by atoms with E-state index >= 15 is 0 Å². The first-order valence-electron chi connectivity index (χ1n) is 9.38. The molecule has 1 aliphatic rings. The summed E-state index contributed by atoms with van der Waals surface area (Å²) in [6, 6.07) is 14.6. The zero-order valence-electron chi connectivity index (χ0n) is 15.5. The molecule has 0 bridgehead atoms. The summed E-state index contributed by atoms with van der Waals surface area (Å²) in [4.78, 5) is 36.5. The predicted octanol–water partition coefficient (Wildman–Crippen LogP) is 3.74. The van der Waals surface area contributed by atoms with Gasteiger partial charge < -0.3 is 10.6 Å². The van der Waals surface area contributed by atoms with Crippen LogP contribution in [0.5, 0.6) is 0 Å². The smallest absolute Gasteiger partial charge is 0.251 e. The van der Waals surface area contributed by atoms with Gasteiger partial charge >= 0.3 is 0 Å². The summed E-state index contributed by atoms with van der Waals surface area (Å²) in [5.74, 6) is -0.419. The first-order chi connectivity index (χ1) is 13.0. The summed E-state index contributed by atoms with van der Waals surface area (Å²) in [6.07, 6.45) is 3.23. The molecule has 0 saturated heterocycles. The number of nitrogens with one attached hydrogen (secondary N) is 2. The fourth-order valence-electron chi connectivity index (χ4n) is 2.76. The monoisotopic (exact) mass is 364 g/mol. The number of aryl methyl sites for hydroxylation is 1. The van der Waals surface area contributed by atoms with Crippen LogP contribution in [0.2, 0.25) is 0 Å². The van der Waals surface area contributed by atoms with Crippen molar-refractivity contribution >= 4 is 23.3 Å². The van der Waals surface area contributed by atoms with E-state index in [0.717, 1.165) is 19.3 Å². The van der Waals surface area contributed by atoms with E-state index in [-0.39, 0.29) is 36.5 Å². The zero-order chi connectivity index (χ0) is 19.2. The van der Waals surface area contributed by atoms with E-state index in [2.05, 4.69) is 17.6 Å². The van der Waals surface area contributed by atoms with Crippen molar-refractivity contribution in [2.45, 2.75) is 45.1 Å². The van der Waals surface area contributed by atoms with E-state index < -0.39 is 0 Å². The van der Waals surface area contributed by atoms with Crippen LogP contribution in [0, 0.1) is 0 Å². The molecule has 0 radical (unpaired) electrons. The molecule has 0 unspecified atom stereocenters. The van der Waals surface area contributed by atoms with Gasteiger partial charge in [-0.05, 0) is 43.0 Å². The number of anilines is 1. The summed E-state index contributed by atoms with van der Waals surface area (Å²) in [5, 5.41) is 5.68. The first-order valence-corrected chi connectivity index (χ1v) is 9.38. The fraction of sp³-hybridized carbons (Fsp3) is 0.318. The molecule has 2 amide bonds. The topological polar surface area (TPSA) is 75.3 Å².